The summed E-state index contributed by atoms with van der Waals surface area (Å²) in [5.41, 5.74) is 6.93. The lowest BCUT2D eigenvalue weighted by molar-refractivity contribution is 0.116. The third kappa shape index (κ3) is 2.06. The summed E-state index contributed by atoms with van der Waals surface area (Å²) in [6.45, 7) is 3.69. The summed E-state index contributed by atoms with van der Waals surface area (Å²) in [5, 5.41) is 9.45. The van der Waals surface area contributed by atoms with Crippen molar-refractivity contribution >= 4 is 0 Å². The minimum absolute atomic E-state index is 0.274. The maximum Gasteiger partial charge on any atom is 0.127 e. The second kappa shape index (κ2) is 4.78. The zero-order valence-electron chi connectivity index (χ0n) is 10.5. The van der Waals surface area contributed by atoms with Crippen molar-refractivity contribution in [1.82, 2.24) is 4.90 Å². The van der Waals surface area contributed by atoms with E-state index in [0.29, 0.717) is 18.6 Å². The number of piperidine rings is 1. The van der Waals surface area contributed by atoms with Gasteiger partial charge in [0.25, 0.3) is 0 Å². The van der Waals surface area contributed by atoms with E-state index in [2.05, 4.69) is 4.90 Å². The molecule has 0 aromatic heterocycles. The van der Waals surface area contributed by atoms with Crippen LogP contribution in [0.3, 0.4) is 0 Å². The average molecular weight is 248 g/mol. The van der Waals surface area contributed by atoms with Crippen molar-refractivity contribution in [1.29, 1.82) is 0 Å². The molecule has 2 aliphatic heterocycles. The number of phenolic OH excluding ortho intramolecular Hbond substituents is 1. The highest BCUT2D eigenvalue weighted by Gasteiger charge is 2.31. The van der Waals surface area contributed by atoms with E-state index >= 15 is 0 Å². The molecule has 0 radical (unpaired) electrons. The first-order valence-electron chi connectivity index (χ1n) is 6.68. The molecule has 1 unspecified atom stereocenters. The highest BCUT2D eigenvalue weighted by atomic mass is 16.5. The fraction of sp³-hybridized carbons (Fsp3) is 0.571. The minimum Gasteiger partial charge on any atom is -0.508 e. The molecule has 0 saturated carbocycles. The molecule has 0 spiro atoms. The van der Waals surface area contributed by atoms with Gasteiger partial charge in [0.15, 0.2) is 0 Å². The standard InChI is InChI=1S/C14H20N2O2/c15-8-10-3-5-16(6-4-10)13-9-18-14-7-11(17)1-2-12(13)14/h1-2,7,10,13,17H,3-6,8-9,15H2. The zero-order valence-corrected chi connectivity index (χ0v) is 10.5. The summed E-state index contributed by atoms with van der Waals surface area (Å²) in [6, 6.07) is 5.78. The van der Waals surface area contributed by atoms with E-state index in [1.165, 1.54) is 18.4 Å². The Bertz CT molecular complexity index is 428. The first-order chi connectivity index (χ1) is 8.78. The van der Waals surface area contributed by atoms with Gasteiger partial charge in [0.05, 0.1) is 6.04 Å². The molecule has 4 nitrogen and oxygen atoms in total. The molecule has 98 valence electrons. The molecule has 3 N–H and O–H groups in total. The van der Waals surface area contributed by atoms with Crippen LogP contribution >= 0.6 is 0 Å². The topological polar surface area (TPSA) is 58.7 Å². The second-order valence-electron chi connectivity index (χ2n) is 5.26. The van der Waals surface area contributed by atoms with Gasteiger partial charge in [-0.2, -0.15) is 0 Å². The molecule has 1 aromatic rings. The van der Waals surface area contributed by atoms with Crippen LogP contribution in [0.25, 0.3) is 0 Å². The Labute approximate surface area is 107 Å². The number of benzene rings is 1. The summed E-state index contributed by atoms with van der Waals surface area (Å²) in [7, 11) is 0. The third-order valence-corrected chi connectivity index (χ3v) is 4.18. The number of fused-ring (bicyclic) bond motifs is 1. The Kier molecular flexibility index (Phi) is 3.14. The van der Waals surface area contributed by atoms with Gasteiger partial charge in [-0.25, -0.2) is 0 Å². The SMILES string of the molecule is NCC1CCN(C2COc3cc(O)ccc32)CC1. The van der Waals surface area contributed by atoms with Crippen LogP contribution in [0, 0.1) is 5.92 Å². The summed E-state index contributed by atoms with van der Waals surface area (Å²) in [4.78, 5) is 2.48. The van der Waals surface area contributed by atoms with Gasteiger partial charge < -0.3 is 15.6 Å². The fourth-order valence-corrected chi connectivity index (χ4v) is 2.98. The van der Waals surface area contributed by atoms with Gasteiger partial charge >= 0.3 is 0 Å². The summed E-state index contributed by atoms with van der Waals surface area (Å²) in [5.74, 6) is 1.79. The minimum atomic E-state index is 0.274. The quantitative estimate of drug-likeness (QED) is 0.832. The normalized spacial score (nSPS) is 24.8. The number of hydrogen-bond donors (Lipinski definition) is 2. The van der Waals surface area contributed by atoms with Crippen LogP contribution in [0.4, 0.5) is 0 Å². The van der Waals surface area contributed by atoms with Crippen molar-refractivity contribution in [3.05, 3.63) is 23.8 Å². The number of ether oxygens (including phenoxy) is 1. The molecule has 0 amide bonds. The summed E-state index contributed by atoms with van der Waals surface area (Å²) >= 11 is 0. The predicted molar refractivity (Wildman–Crippen MR) is 69.7 cm³/mol. The van der Waals surface area contributed by atoms with Crippen molar-refractivity contribution in [3.8, 4) is 11.5 Å². The van der Waals surface area contributed by atoms with E-state index in [1.807, 2.05) is 6.07 Å². The molecule has 1 fully saturated rings. The first-order valence-corrected chi connectivity index (χ1v) is 6.68. The number of nitrogens with zero attached hydrogens (tertiary/aromatic N) is 1. The summed E-state index contributed by atoms with van der Waals surface area (Å²) < 4.78 is 5.67. The van der Waals surface area contributed by atoms with Crippen LogP contribution in [-0.2, 0) is 0 Å². The van der Waals surface area contributed by atoms with Crippen molar-refractivity contribution in [2.24, 2.45) is 11.7 Å². The number of aromatic hydroxyl groups is 1. The van der Waals surface area contributed by atoms with Gasteiger partial charge in [0.2, 0.25) is 0 Å². The van der Waals surface area contributed by atoms with Crippen molar-refractivity contribution in [3.63, 3.8) is 0 Å². The fourth-order valence-electron chi connectivity index (χ4n) is 2.98. The Morgan fingerprint density at radius 3 is 2.83 bits per heavy atom. The molecule has 1 aromatic carbocycles. The highest BCUT2D eigenvalue weighted by Crippen LogP contribution is 2.39. The van der Waals surface area contributed by atoms with E-state index in [1.54, 1.807) is 12.1 Å². The lowest BCUT2D eigenvalue weighted by atomic mass is 9.95. The Hall–Kier alpha value is -1.26. The van der Waals surface area contributed by atoms with Gasteiger partial charge in [0.1, 0.15) is 18.1 Å². The lowest BCUT2D eigenvalue weighted by Gasteiger charge is -2.35. The predicted octanol–water partition coefficient (Wildman–Crippen LogP) is 1.50. The monoisotopic (exact) mass is 248 g/mol. The Morgan fingerprint density at radius 2 is 2.11 bits per heavy atom. The van der Waals surface area contributed by atoms with Crippen molar-refractivity contribution in [2.45, 2.75) is 18.9 Å². The maximum absolute atomic E-state index is 9.45. The number of phenols is 1. The number of nitrogens with two attached hydrogens (primary N) is 1. The lowest BCUT2D eigenvalue weighted by Crippen LogP contribution is -2.39. The second-order valence-corrected chi connectivity index (χ2v) is 5.26. The van der Waals surface area contributed by atoms with E-state index in [0.717, 1.165) is 25.4 Å². The molecule has 4 heteroatoms. The smallest absolute Gasteiger partial charge is 0.127 e. The highest BCUT2D eigenvalue weighted by molar-refractivity contribution is 5.44. The zero-order chi connectivity index (χ0) is 12.5. The van der Waals surface area contributed by atoms with Crippen LogP contribution in [0.1, 0.15) is 24.4 Å². The van der Waals surface area contributed by atoms with Crippen molar-refractivity contribution < 1.29 is 9.84 Å². The maximum atomic E-state index is 9.45. The van der Waals surface area contributed by atoms with Gasteiger partial charge in [-0.1, -0.05) is 0 Å². The van der Waals surface area contributed by atoms with E-state index in [4.69, 9.17) is 10.5 Å². The summed E-state index contributed by atoms with van der Waals surface area (Å²) in [6.07, 6.45) is 2.36. The Balaban J connectivity index is 1.73. The molecule has 2 heterocycles. The third-order valence-electron chi connectivity index (χ3n) is 4.18. The number of likely N-dealkylation sites (tertiary alicyclic amines) is 1. The van der Waals surface area contributed by atoms with Gasteiger partial charge in [0, 0.05) is 11.6 Å². The van der Waals surface area contributed by atoms with Crippen LogP contribution in [-0.4, -0.2) is 36.2 Å². The molecule has 3 rings (SSSR count). The van der Waals surface area contributed by atoms with Gasteiger partial charge in [-0.15, -0.1) is 0 Å². The van der Waals surface area contributed by atoms with Crippen LogP contribution in [0.15, 0.2) is 18.2 Å². The molecular formula is C14H20N2O2. The van der Waals surface area contributed by atoms with Crippen LogP contribution < -0.4 is 10.5 Å². The van der Waals surface area contributed by atoms with E-state index in [-0.39, 0.29) is 5.75 Å². The van der Waals surface area contributed by atoms with Gasteiger partial charge in [-0.05, 0) is 50.5 Å². The van der Waals surface area contributed by atoms with E-state index < -0.39 is 0 Å². The molecule has 2 aliphatic rings. The molecular weight excluding hydrogens is 228 g/mol. The molecule has 0 bridgehead atoms. The van der Waals surface area contributed by atoms with Crippen molar-refractivity contribution in [2.75, 3.05) is 26.2 Å². The average Bonchev–Trinajstić information content (AvgIpc) is 2.81. The molecule has 1 saturated heterocycles. The largest absolute Gasteiger partial charge is 0.508 e. The molecule has 1 atom stereocenters. The van der Waals surface area contributed by atoms with Gasteiger partial charge in [-0.3, -0.25) is 4.90 Å². The van der Waals surface area contributed by atoms with E-state index in [9.17, 15) is 5.11 Å². The van der Waals surface area contributed by atoms with Crippen LogP contribution in [0.5, 0.6) is 11.5 Å². The first kappa shape index (κ1) is 11.8. The molecule has 18 heavy (non-hydrogen) atoms. The number of hydrogen-bond acceptors (Lipinski definition) is 4. The Morgan fingerprint density at radius 1 is 1.33 bits per heavy atom. The van der Waals surface area contributed by atoms with Crippen LogP contribution in [0.2, 0.25) is 0 Å². The number of rotatable bonds is 2. The molecule has 0 aliphatic carbocycles.